The van der Waals surface area contributed by atoms with E-state index in [2.05, 4.69) is 15.5 Å². The van der Waals surface area contributed by atoms with Crippen LogP contribution in [0.25, 0.3) is 0 Å². The molecule has 134 valence electrons. The van der Waals surface area contributed by atoms with Gasteiger partial charge in [-0.25, -0.2) is 8.42 Å². The zero-order valence-corrected chi connectivity index (χ0v) is 14.9. The first-order valence-electron chi connectivity index (χ1n) is 8.18. The topological polar surface area (TPSA) is 91.9 Å². The molecule has 0 aliphatic rings. The van der Waals surface area contributed by atoms with E-state index < -0.39 is 15.7 Å². The molecule has 1 amide bonds. The van der Waals surface area contributed by atoms with E-state index >= 15 is 0 Å². The number of aromatic nitrogens is 2. The Kier molecular flexibility index (Phi) is 5.48. The molecule has 0 unspecified atom stereocenters. The number of nitrogens with one attached hydrogen (secondary N) is 2. The fourth-order valence-electron chi connectivity index (χ4n) is 2.63. The fourth-order valence-corrected chi connectivity index (χ4v) is 4.20. The molecule has 2 aromatic carbocycles. The van der Waals surface area contributed by atoms with Crippen molar-refractivity contribution in [2.45, 2.75) is 17.1 Å². The van der Waals surface area contributed by atoms with E-state index in [1.165, 1.54) is 12.1 Å². The lowest BCUT2D eigenvalue weighted by molar-refractivity contribution is 0.0951. The number of aromatic amines is 1. The summed E-state index contributed by atoms with van der Waals surface area (Å²) in [6.07, 6.45) is 4.05. The summed E-state index contributed by atoms with van der Waals surface area (Å²) in [5, 5.41) is 9.33. The van der Waals surface area contributed by atoms with Gasteiger partial charge in [-0.15, -0.1) is 0 Å². The second-order valence-electron chi connectivity index (χ2n) is 5.85. The van der Waals surface area contributed by atoms with Crippen LogP contribution in [-0.4, -0.2) is 31.1 Å². The number of benzene rings is 2. The molecule has 0 aliphatic carbocycles. The maximum atomic E-state index is 12.8. The van der Waals surface area contributed by atoms with Crippen LogP contribution in [0.2, 0.25) is 0 Å². The summed E-state index contributed by atoms with van der Waals surface area (Å²) >= 11 is 0. The summed E-state index contributed by atoms with van der Waals surface area (Å²) in [5.41, 5.74) is 1.81. The minimum atomic E-state index is -3.63. The number of hydrogen-bond donors (Lipinski definition) is 2. The Labute approximate surface area is 152 Å². The second-order valence-corrected chi connectivity index (χ2v) is 7.81. The quantitative estimate of drug-likeness (QED) is 0.669. The number of carbonyl (C=O) groups is 1. The minimum Gasteiger partial charge on any atom is -0.352 e. The number of carbonyl (C=O) groups excluding carboxylic acids is 1. The number of rotatable bonds is 7. The molecule has 6 nitrogen and oxygen atoms in total. The van der Waals surface area contributed by atoms with Crippen LogP contribution in [-0.2, 0) is 22.0 Å². The third kappa shape index (κ3) is 4.37. The van der Waals surface area contributed by atoms with Crippen LogP contribution in [0.1, 0.15) is 21.5 Å². The monoisotopic (exact) mass is 369 g/mol. The number of hydrogen-bond acceptors (Lipinski definition) is 4. The van der Waals surface area contributed by atoms with Crippen molar-refractivity contribution >= 4 is 15.7 Å². The summed E-state index contributed by atoms with van der Waals surface area (Å²) < 4.78 is 25.6. The zero-order chi connectivity index (χ0) is 18.4. The Morgan fingerprint density at radius 3 is 2.46 bits per heavy atom. The van der Waals surface area contributed by atoms with Crippen molar-refractivity contribution in [2.75, 3.05) is 6.54 Å². The maximum Gasteiger partial charge on any atom is 0.252 e. The Balaban J connectivity index is 1.75. The standard InChI is InChI=1S/C19H19N3O3S/c23-19(20-11-10-16-12-21-22-13-16)17-8-4-5-9-18(17)26(24,25)14-15-6-2-1-3-7-15/h1-9,12-13H,10-11,14H2,(H,20,23)(H,21,22). The molecule has 7 heteroatoms. The summed E-state index contributed by atoms with van der Waals surface area (Å²) in [6, 6.07) is 15.2. The number of H-pyrrole nitrogens is 1. The van der Waals surface area contributed by atoms with Crippen molar-refractivity contribution in [3.63, 3.8) is 0 Å². The van der Waals surface area contributed by atoms with E-state index in [1.54, 1.807) is 48.8 Å². The fraction of sp³-hybridized carbons (Fsp3) is 0.158. The van der Waals surface area contributed by atoms with Crippen molar-refractivity contribution in [2.24, 2.45) is 0 Å². The van der Waals surface area contributed by atoms with E-state index in [9.17, 15) is 13.2 Å². The van der Waals surface area contributed by atoms with Crippen LogP contribution >= 0.6 is 0 Å². The Morgan fingerprint density at radius 2 is 1.73 bits per heavy atom. The highest BCUT2D eigenvalue weighted by Crippen LogP contribution is 2.20. The number of nitrogens with zero attached hydrogens (tertiary/aromatic N) is 1. The van der Waals surface area contributed by atoms with Crippen LogP contribution in [0.4, 0.5) is 0 Å². The molecule has 0 radical (unpaired) electrons. The summed E-state index contributed by atoms with van der Waals surface area (Å²) in [6.45, 7) is 0.394. The van der Waals surface area contributed by atoms with Crippen LogP contribution in [0.15, 0.2) is 71.9 Å². The average Bonchev–Trinajstić information content (AvgIpc) is 3.15. The Bertz CT molecular complexity index is 968. The van der Waals surface area contributed by atoms with E-state index in [0.717, 1.165) is 5.56 Å². The van der Waals surface area contributed by atoms with Crippen LogP contribution in [0.3, 0.4) is 0 Å². The summed E-state index contributed by atoms with van der Waals surface area (Å²) in [4.78, 5) is 12.5. The molecule has 0 atom stereocenters. The van der Waals surface area contributed by atoms with Gasteiger partial charge >= 0.3 is 0 Å². The molecule has 3 aromatic rings. The first-order chi connectivity index (χ1) is 12.6. The van der Waals surface area contributed by atoms with Gasteiger partial charge in [-0.05, 0) is 29.7 Å². The van der Waals surface area contributed by atoms with Gasteiger partial charge in [0, 0.05) is 12.7 Å². The lowest BCUT2D eigenvalue weighted by Gasteiger charge is -2.11. The van der Waals surface area contributed by atoms with Crippen LogP contribution in [0.5, 0.6) is 0 Å². The molecule has 0 saturated heterocycles. The molecule has 26 heavy (non-hydrogen) atoms. The molecule has 3 rings (SSSR count). The van der Waals surface area contributed by atoms with Gasteiger partial charge in [0.15, 0.2) is 9.84 Å². The highest BCUT2D eigenvalue weighted by molar-refractivity contribution is 7.90. The summed E-state index contributed by atoms with van der Waals surface area (Å²) in [5.74, 6) is -0.548. The molecule has 0 aliphatic heterocycles. The largest absolute Gasteiger partial charge is 0.352 e. The molecule has 0 fully saturated rings. The van der Waals surface area contributed by atoms with Gasteiger partial charge in [0.25, 0.3) is 5.91 Å². The van der Waals surface area contributed by atoms with Crippen LogP contribution in [0, 0.1) is 0 Å². The third-order valence-electron chi connectivity index (χ3n) is 3.92. The number of sulfone groups is 1. The second kappa shape index (κ2) is 7.97. The van der Waals surface area contributed by atoms with Gasteiger partial charge in [-0.1, -0.05) is 42.5 Å². The average molecular weight is 369 g/mol. The van der Waals surface area contributed by atoms with Gasteiger partial charge in [0.1, 0.15) is 0 Å². The van der Waals surface area contributed by atoms with E-state index in [0.29, 0.717) is 18.5 Å². The zero-order valence-electron chi connectivity index (χ0n) is 14.1. The van der Waals surface area contributed by atoms with Crippen molar-refractivity contribution in [1.29, 1.82) is 0 Å². The normalized spacial score (nSPS) is 11.2. The SMILES string of the molecule is O=C(NCCc1cn[nH]c1)c1ccccc1S(=O)(=O)Cc1ccccc1. The Hall–Kier alpha value is -2.93. The minimum absolute atomic E-state index is 0.0460. The molecular formula is C19H19N3O3S. The Morgan fingerprint density at radius 1 is 1.00 bits per heavy atom. The van der Waals surface area contributed by atoms with Gasteiger partial charge in [-0.2, -0.15) is 5.10 Å². The molecular weight excluding hydrogens is 350 g/mol. The highest BCUT2D eigenvalue weighted by atomic mass is 32.2. The predicted molar refractivity (Wildman–Crippen MR) is 98.4 cm³/mol. The molecule has 1 heterocycles. The third-order valence-corrected chi connectivity index (χ3v) is 5.66. The van der Waals surface area contributed by atoms with Gasteiger partial charge < -0.3 is 5.32 Å². The molecule has 2 N–H and O–H groups in total. The molecule has 0 saturated carbocycles. The van der Waals surface area contributed by atoms with Crippen molar-refractivity contribution in [1.82, 2.24) is 15.5 Å². The molecule has 1 aromatic heterocycles. The summed E-state index contributed by atoms with van der Waals surface area (Å²) in [7, 11) is -3.63. The molecule has 0 bridgehead atoms. The lowest BCUT2D eigenvalue weighted by atomic mass is 10.2. The van der Waals surface area contributed by atoms with Gasteiger partial charge in [0.05, 0.1) is 22.4 Å². The van der Waals surface area contributed by atoms with Gasteiger partial charge in [-0.3, -0.25) is 9.89 Å². The number of amides is 1. The van der Waals surface area contributed by atoms with Gasteiger partial charge in [0.2, 0.25) is 0 Å². The lowest BCUT2D eigenvalue weighted by Crippen LogP contribution is -2.27. The highest BCUT2D eigenvalue weighted by Gasteiger charge is 2.22. The van der Waals surface area contributed by atoms with E-state index in [-0.39, 0.29) is 16.2 Å². The van der Waals surface area contributed by atoms with E-state index in [4.69, 9.17) is 0 Å². The van der Waals surface area contributed by atoms with Crippen molar-refractivity contribution < 1.29 is 13.2 Å². The smallest absolute Gasteiger partial charge is 0.252 e. The van der Waals surface area contributed by atoms with Crippen LogP contribution < -0.4 is 5.32 Å². The van der Waals surface area contributed by atoms with Crippen molar-refractivity contribution in [3.8, 4) is 0 Å². The first-order valence-corrected chi connectivity index (χ1v) is 9.83. The first kappa shape index (κ1) is 17.9. The maximum absolute atomic E-state index is 12.8. The predicted octanol–water partition coefficient (Wildman–Crippen LogP) is 2.36. The molecule has 0 spiro atoms. The van der Waals surface area contributed by atoms with Crippen molar-refractivity contribution in [3.05, 3.63) is 83.7 Å². The van der Waals surface area contributed by atoms with E-state index in [1.807, 2.05) is 6.07 Å².